The van der Waals surface area contributed by atoms with Gasteiger partial charge in [0, 0.05) is 0 Å². The Hall–Kier alpha value is -1.68. The second kappa shape index (κ2) is 6.80. The second-order valence-electron chi connectivity index (χ2n) is 2.65. The highest BCUT2D eigenvalue weighted by molar-refractivity contribution is 5.88. The summed E-state index contributed by atoms with van der Waals surface area (Å²) in [4.78, 5) is 23.5. The Morgan fingerprint density at radius 1 is 1.14 bits per heavy atom. The van der Waals surface area contributed by atoms with E-state index < -0.39 is 5.97 Å². The van der Waals surface area contributed by atoms with Gasteiger partial charge in [0.15, 0.2) is 0 Å². The smallest absolute Gasteiger partial charge is 0.300 e. The van der Waals surface area contributed by atoms with E-state index in [4.69, 9.17) is 5.26 Å². The number of hydrogen-bond donors (Lipinski definition) is 1. The maximum Gasteiger partial charge on any atom is 0.372 e. The zero-order valence-corrected chi connectivity index (χ0v) is 8.06. The van der Waals surface area contributed by atoms with Crippen LogP contribution < -0.4 is 0 Å². The molecule has 0 saturated heterocycles. The molecule has 0 saturated carbocycles. The molecule has 1 rings (SSSR count). The molecule has 0 radical (unpaired) electrons. The Kier molecular flexibility index (Phi) is 5.98. The Morgan fingerprint density at radius 3 is 1.93 bits per heavy atom. The van der Waals surface area contributed by atoms with Crippen molar-refractivity contribution < 1.29 is 19.7 Å². The van der Waals surface area contributed by atoms with Crippen molar-refractivity contribution in [3.05, 3.63) is 35.9 Å². The third kappa shape index (κ3) is 5.91. The molecular formula is C10H12O4. The predicted molar refractivity (Wildman–Crippen MR) is 50.8 cm³/mol. The van der Waals surface area contributed by atoms with E-state index >= 15 is 0 Å². The van der Waals surface area contributed by atoms with Gasteiger partial charge in [0.25, 0.3) is 0 Å². The molecule has 0 aliphatic carbocycles. The molecule has 4 nitrogen and oxygen atoms in total. The molecule has 1 aromatic rings. The third-order valence-electron chi connectivity index (χ3n) is 1.09. The van der Waals surface area contributed by atoms with Crippen LogP contribution >= 0.6 is 0 Å². The molecular weight excluding hydrogens is 184 g/mol. The number of rotatable bonds is 1. The first kappa shape index (κ1) is 12.3. The van der Waals surface area contributed by atoms with E-state index in [-0.39, 0.29) is 5.78 Å². The number of Topliss-reactive ketones (excluding diaryl/α,β-unsaturated/α-hetero) is 1. The van der Waals surface area contributed by atoms with Crippen LogP contribution in [0.25, 0.3) is 0 Å². The van der Waals surface area contributed by atoms with Crippen molar-refractivity contribution in [3.8, 4) is 0 Å². The van der Waals surface area contributed by atoms with Crippen molar-refractivity contribution in [1.29, 1.82) is 0 Å². The average Bonchev–Trinajstić information content (AvgIpc) is 2.17. The molecule has 0 atom stereocenters. The summed E-state index contributed by atoms with van der Waals surface area (Å²) in [6.45, 7) is 3.06. The minimum Gasteiger partial charge on any atom is -0.300 e. The van der Waals surface area contributed by atoms with Gasteiger partial charge in [-0.3, -0.25) is 4.89 Å². The number of benzene rings is 1. The van der Waals surface area contributed by atoms with E-state index in [1.54, 1.807) is 30.3 Å². The minimum absolute atomic E-state index is 0.167. The van der Waals surface area contributed by atoms with Crippen LogP contribution in [0, 0.1) is 0 Å². The summed E-state index contributed by atoms with van der Waals surface area (Å²) in [6.07, 6.45) is 0. The third-order valence-corrected chi connectivity index (χ3v) is 1.09. The lowest BCUT2D eigenvalue weighted by molar-refractivity contribution is -0.182. The average molecular weight is 196 g/mol. The van der Waals surface area contributed by atoms with Gasteiger partial charge in [0.2, 0.25) is 0 Å². The predicted octanol–water partition coefficient (Wildman–Crippen LogP) is 1.91. The summed E-state index contributed by atoms with van der Waals surface area (Å²) in [7, 11) is 0. The molecule has 0 unspecified atom stereocenters. The van der Waals surface area contributed by atoms with Gasteiger partial charge in [-0.05, 0) is 26.0 Å². The van der Waals surface area contributed by atoms with Gasteiger partial charge in [-0.25, -0.2) is 4.79 Å². The number of carbonyl (C=O) groups is 2. The lowest BCUT2D eigenvalue weighted by Crippen LogP contribution is -2.00. The summed E-state index contributed by atoms with van der Waals surface area (Å²) < 4.78 is 0. The van der Waals surface area contributed by atoms with Gasteiger partial charge in [0.05, 0.1) is 5.56 Å². The molecule has 0 amide bonds. The molecule has 1 N–H and O–H groups in total. The zero-order chi connectivity index (χ0) is 11.0. The summed E-state index contributed by atoms with van der Waals surface area (Å²) >= 11 is 0. The molecule has 0 aliphatic rings. The largest absolute Gasteiger partial charge is 0.372 e. The fourth-order valence-corrected chi connectivity index (χ4v) is 0.627. The van der Waals surface area contributed by atoms with Crippen molar-refractivity contribution in [2.75, 3.05) is 0 Å². The van der Waals surface area contributed by atoms with Crippen LogP contribution in [0.1, 0.15) is 24.2 Å². The van der Waals surface area contributed by atoms with Gasteiger partial charge >= 0.3 is 5.97 Å². The molecule has 0 bridgehead atoms. The Morgan fingerprint density at radius 2 is 1.57 bits per heavy atom. The van der Waals surface area contributed by atoms with E-state index in [2.05, 4.69) is 4.89 Å². The molecule has 76 valence electrons. The van der Waals surface area contributed by atoms with Crippen molar-refractivity contribution in [3.63, 3.8) is 0 Å². The van der Waals surface area contributed by atoms with Crippen LogP contribution in [0.3, 0.4) is 0 Å². The van der Waals surface area contributed by atoms with E-state index in [0.29, 0.717) is 5.56 Å². The van der Waals surface area contributed by atoms with Crippen LogP contribution in [0.4, 0.5) is 0 Å². The highest BCUT2D eigenvalue weighted by atomic mass is 17.1. The standard InChI is InChI=1S/C7H6O3.C3H6O/c8-7(10-9)6-4-2-1-3-5-6;1-3(2)4/h1-5,9H;1-2H3. The maximum absolute atomic E-state index is 10.5. The Labute approximate surface area is 82.1 Å². The van der Waals surface area contributed by atoms with Gasteiger partial charge in [-0.15, -0.1) is 0 Å². The molecule has 1 aromatic carbocycles. The van der Waals surface area contributed by atoms with Crippen molar-refractivity contribution in [2.24, 2.45) is 0 Å². The first-order valence-electron chi connectivity index (χ1n) is 3.96. The van der Waals surface area contributed by atoms with E-state index in [0.717, 1.165) is 0 Å². The lowest BCUT2D eigenvalue weighted by Gasteiger charge is -1.92. The van der Waals surface area contributed by atoms with Gasteiger partial charge < -0.3 is 4.79 Å². The van der Waals surface area contributed by atoms with E-state index in [1.165, 1.54) is 13.8 Å². The van der Waals surface area contributed by atoms with E-state index in [9.17, 15) is 9.59 Å². The van der Waals surface area contributed by atoms with Crippen molar-refractivity contribution in [1.82, 2.24) is 0 Å². The first-order chi connectivity index (χ1) is 6.57. The number of ketones is 1. The van der Waals surface area contributed by atoms with E-state index in [1.807, 2.05) is 0 Å². The highest BCUT2D eigenvalue weighted by Crippen LogP contribution is 1.98. The Balaban J connectivity index is 0.000000364. The summed E-state index contributed by atoms with van der Waals surface area (Å²) in [5, 5.41) is 7.94. The molecule has 0 aromatic heterocycles. The molecule has 0 fully saturated rings. The molecule has 0 spiro atoms. The normalized spacial score (nSPS) is 8.21. The number of carbonyl (C=O) groups excluding carboxylic acids is 2. The number of hydrogen-bond acceptors (Lipinski definition) is 4. The second-order valence-corrected chi connectivity index (χ2v) is 2.65. The molecule has 4 heteroatoms. The summed E-state index contributed by atoms with van der Waals surface area (Å²) in [5.74, 6) is -0.569. The van der Waals surface area contributed by atoms with Crippen LogP contribution in [0.5, 0.6) is 0 Å². The van der Waals surface area contributed by atoms with Crippen molar-refractivity contribution >= 4 is 11.8 Å². The van der Waals surface area contributed by atoms with Gasteiger partial charge in [0.1, 0.15) is 5.78 Å². The minimum atomic E-state index is -0.736. The molecule has 0 heterocycles. The summed E-state index contributed by atoms with van der Waals surface area (Å²) in [6, 6.07) is 8.25. The van der Waals surface area contributed by atoms with Crippen molar-refractivity contribution in [2.45, 2.75) is 13.8 Å². The molecule has 0 aliphatic heterocycles. The van der Waals surface area contributed by atoms with Crippen LogP contribution in [0.2, 0.25) is 0 Å². The quantitative estimate of drug-likeness (QED) is 0.550. The molecule has 14 heavy (non-hydrogen) atoms. The van der Waals surface area contributed by atoms with Crippen LogP contribution in [-0.2, 0) is 9.68 Å². The van der Waals surface area contributed by atoms with Crippen LogP contribution in [-0.4, -0.2) is 17.0 Å². The van der Waals surface area contributed by atoms with Gasteiger partial charge in [-0.1, -0.05) is 18.2 Å². The van der Waals surface area contributed by atoms with Gasteiger partial charge in [-0.2, -0.15) is 5.26 Å². The monoisotopic (exact) mass is 196 g/mol. The maximum atomic E-state index is 10.5. The fraction of sp³-hybridized carbons (Fsp3) is 0.200. The Bertz CT molecular complexity index is 288. The highest BCUT2D eigenvalue weighted by Gasteiger charge is 2.02. The topological polar surface area (TPSA) is 63.6 Å². The fourth-order valence-electron chi connectivity index (χ4n) is 0.627. The SMILES string of the molecule is CC(C)=O.O=C(OO)c1ccccc1. The van der Waals surface area contributed by atoms with Crippen LogP contribution in [0.15, 0.2) is 30.3 Å². The summed E-state index contributed by atoms with van der Waals surface area (Å²) in [5.41, 5.74) is 0.338. The first-order valence-corrected chi connectivity index (χ1v) is 3.96. The zero-order valence-electron chi connectivity index (χ0n) is 8.06. The lowest BCUT2D eigenvalue weighted by atomic mass is 10.2.